The molecule has 0 spiro atoms. The van der Waals surface area contributed by atoms with E-state index in [9.17, 15) is 10.1 Å². The molecule has 0 aliphatic carbocycles. The molecule has 0 aliphatic rings. The Morgan fingerprint density at radius 2 is 1.94 bits per heavy atom. The Hall–Kier alpha value is -1.85. The van der Waals surface area contributed by atoms with Crippen molar-refractivity contribution in [3.8, 4) is 0 Å². The summed E-state index contributed by atoms with van der Waals surface area (Å²) in [6, 6.07) is 7.91. The maximum absolute atomic E-state index is 10.5. The third-order valence-electron chi connectivity index (χ3n) is 2.15. The fourth-order valence-corrected chi connectivity index (χ4v) is 1.59. The van der Waals surface area contributed by atoms with Crippen LogP contribution in [0.4, 0.5) is 17.2 Å². The molecule has 0 bridgehead atoms. The largest absolute Gasteiger partial charge is 0.340 e. The number of benzene rings is 1. The lowest BCUT2D eigenvalue weighted by atomic mass is 10.3. The minimum Gasteiger partial charge on any atom is -0.340 e. The van der Waals surface area contributed by atoms with Crippen LogP contribution in [-0.2, 0) is 0 Å². The van der Waals surface area contributed by atoms with Crippen LogP contribution in [0.2, 0.25) is 10.0 Å². The molecule has 2 aromatic rings. The summed E-state index contributed by atoms with van der Waals surface area (Å²) in [5, 5.41) is 14.3. The van der Waals surface area contributed by atoms with Gasteiger partial charge in [0.25, 0.3) is 5.69 Å². The van der Waals surface area contributed by atoms with E-state index in [2.05, 4.69) is 10.3 Å². The second-order valence-electron chi connectivity index (χ2n) is 3.41. The van der Waals surface area contributed by atoms with Crippen molar-refractivity contribution in [2.45, 2.75) is 0 Å². The van der Waals surface area contributed by atoms with Gasteiger partial charge in [0.15, 0.2) is 0 Å². The zero-order chi connectivity index (χ0) is 13.1. The topological polar surface area (TPSA) is 68.1 Å². The molecule has 92 valence electrons. The predicted octanol–water partition coefficient (Wildman–Crippen LogP) is 4.04. The van der Waals surface area contributed by atoms with E-state index in [4.69, 9.17) is 23.2 Å². The van der Waals surface area contributed by atoms with Crippen molar-refractivity contribution < 1.29 is 4.92 Å². The second-order valence-corrected chi connectivity index (χ2v) is 4.23. The van der Waals surface area contributed by atoms with Gasteiger partial charge in [0.2, 0.25) is 0 Å². The van der Waals surface area contributed by atoms with Crippen molar-refractivity contribution in [1.82, 2.24) is 4.98 Å². The molecular formula is C11H7Cl2N3O2. The number of aromatic nitrogens is 1. The van der Waals surface area contributed by atoms with Crippen molar-refractivity contribution >= 4 is 40.4 Å². The van der Waals surface area contributed by atoms with E-state index in [1.54, 1.807) is 18.2 Å². The van der Waals surface area contributed by atoms with Gasteiger partial charge in [-0.3, -0.25) is 10.1 Å². The summed E-state index contributed by atoms with van der Waals surface area (Å²) in [7, 11) is 0. The molecule has 5 nitrogen and oxygen atoms in total. The average Bonchev–Trinajstić information content (AvgIpc) is 2.34. The van der Waals surface area contributed by atoms with Crippen LogP contribution >= 0.6 is 23.2 Å². The van der Waals surface area contributed by atoms with Crippen LogP contribution in [0, 0.1) is 10.1 Å². The molecule has 1 aromatic carbocycles. The highest BCUT2D eigenvalue weighted by Crippen LogP contribution is 2.26. The van der Waals surface area contributed by atoms with Gasteiger partial charge >= 0.3 is 0 Å². The molecule has 1 heterocycles. The van der Waals surface area contributed by atoms with Gasteiger partial charge in [-0.1, -0.05) is 23.2 Å². The monoisotopic (exact) mass is 283 g/mol. The Kier molecular flexibility index (Phi) is 3.64. The van der Waals surface area contributed by atoms with Crippen molar-refractivity contribution in [1.29, 1.82) is 0 Å². The van der Waals surface area contributed by atoms with E-state index in [-0.39, 0.29) is 5.69 Å². The number of nitro groups is 1. The molecule has 0 saturated carbocycles. The zero-order valence-corrected chi connectivity index (χ0v) is 10.4. The Labute approximate surface area is 113 Å². The van der Waals surface area contributed by atoms with Crippen LogP contribution < -0.4 is 5.32 Å². The molecule has 0 aliphatic heterocycles. The van der Waals surface area contributed by atoms with Crippen LogP contribution in [0.5, 0.6) is 0 Å². The summed E-state index contributed by atoms with van der Waals surface area (Å²) in [5.41, 5.74) is 0.639. The summed E-state index contributed by atoms with van der Waals surface area (Å²) in [6.45, 7) is 0. The van der Waals surface area contributed by atoms with Crippen molar-refractivity contribution in [2.24, 2.45) is 0 Å². The first-order valence-electron chi connectivity index (χ1n) is 4.89. The molecule has 0 amide bonds. The second kappa shape index (κ2) is 5.20. The average molecular weight is 284 g/mol. The maximum atomic E-state index is 10.5. The van der Waals surface area contributed by atoms with Crippen LogP contribution in [0.3, 0.4) is 0 Å². The van der Waals surface area contributed by atoms with Crippen LogP contribution in [-0.4, -0.2) is 9.91 Å². The zero-order valence-electron chi connectivity index (χ0n) is 8.93. The van der Waals surface area contributed by atoms with Gasteiger partial charge in [0, 0.05) is 11.8 Å². The summed E-state index contributed by atoms with van der Waals surface area (Å²) in [5.74, 6) is 0.485. The van der Waals surface area contributed by atoms with Gasteiger partial charge in [0.1, 0.15) is 12.0 Å². The third-order valence-corrected chi connectivity index (χ3v) is 2.89. The number of anilines is 2. The predicted molar refractivity (Wildman–Crippen MR) is 70.6 cm³/mol. The standard InChI is InChI=1S/C11H7Cl2N3O2/c12-9-3-1-7(5-10(9)13)15-11-4-2-8(6-14-11)16(17)18/h1-6H,(H,14,15). The Morgan fingerprint density at radius 1 is 1.17 bits per heavy atom. The molecule has 1 aromatic heterocycles. The lowest BCUT2D eigenvalue weighted by molar-refractivity contribution is -0.385. The van der Waals surface area contributed by atoms with Gasteiger partial charge in [-0.2, -0.15) is 0 Å². The quantitative estimate of drug-likeness (QED) is 0.682. The number of nitrogens with zero attached hydrogens (tertiary/aromatic N) is 2. The molecule has 0 atom stereocenters. The number of pyridine rings is 1. The number of rotatable bonds is 3. The molecule has 7 heteroatoms. The fourth-order valence-electron chi connectivity index (χ4n) is 1.29. The summed E-state index contributed by atoms with van der Waals surface area (Å²) in [6.07, 6.45) is 1.18. The number of hydrogen-bond donors (Lipinski definition) is 1. The Balaban J connectivity index is 2.18. The van der Waals surface area contributed by atoms with Crippen LogP contribution in [0.25, 0.3) is 0 Å². The van der Waals surface area contributed by atoms with Gasteiger partial charge in [-0.05, 0) is 24.3 Å². The van der Waals surface area contributed by atoms with Crippen LogP contribution in [0.1, 0.15) is 0 Å². The maximum Gasteiger partial charge on any atom is 0.287 e. The van der Waals surface area contributed by atoms with Gasteiger partial charge in [-0.15, -0.1) is 0 Å². The Morgan fingerprint density at radius 3 is 2.50 bits per heavy atom. The minimum atomic E-state index is -0.504. The van der Waals surface area contributed by atoms with Crippen molar-refractivity contribution in [3.05, 3.63) is 56.7 Å². The molecule has 2 rings (SSSR count). The highest BCUT2D eigenvalue weighted by Gasteiger charge is 2.05. The molecule has 0 saturated heterocycles. The van der Waals surface area contributed by atoms with Crippen molar-refractivity contribution in [2.75, 3.05) is 5.32 Å². The lowest BCUT2D eigenvalue weighted by Crippen LogP contribution is -1.95. The van der Waals surface area contributed by atoms with Crippen LogP contribution in [0.15, 0.2) is 36.5 Å². The smallest absolute Gasteiger partial charge is 0.287 e. The normalized spacial score (nSPS) is 10.1. The molecule has 1 N–H and O–H groups in total. The van der Waals surface area contributed by atoms with Crippen molar-refractivity contribution in [3.63, 3.8) is 0 Å². The van der Waals surface area contributed by atoms with E-state index >= 15 is 0 Å². The van der Waals surface area contributed by atoms with E-state index < -0.39 is 4.92 Å². The number of hydrogen-bond acceptors (Lipinski definition) is 4. The summed E-state index contributed by atoms with van der Waals surface area (Å²) in [4.78, 5) is 13.9. The van der Waals surface area contributed by atoms with Gasteiger partial charge < -0.3 is 5.32 Å². The first kappa shape index (κ1) is 12.6. The van der Waals surface area contributed by atoms with E-state index in [1.165, 1.54) is 18.3 Å². The number of nitrogens with one attached hydrogen (secondary N) is 1. The first-order chi connectivity index (χ1) is 8.56. The molecule has 18 heavy (non-hydrogen) atoms. The fraction of sp³-hybridized carbons (Fsp3) is 0. The minimum absolute atomic E-state index is 0.0605. The molecular weight excluding hydrogens is 277 g/mol. The third kappa shape index (κ3) is 2.88. The van der Waals surface area contributed by atoms with E-state index in [0.29, 0.717) is 21.6 Å². The molecule has 0 radical (unpaired) electrons. The van der Waals surface area contributed by atoms with E-state index in [1.807, 2.05) is 0 Å². The SMILES string of the molecule is O=[N+]([O-])c1ccc(Nc2ccc(Cl)c(Cl)c2)nc1. The first-order valence-corrected chi connectivity index (χ1v) is 5.64. The molecule has 0 fully saturated rings. The van der Waals surface area contributed by atoms with Gasteiger partial charge in [0.05, 0.1) is 15.0 Å². The highest BCUT2D eigenvalue weighted by molar-refractivity contribution is 6.42. The van der Waals surface area contributed by atoms with Gasteiger partial charge in [-0.25, -0.2) is 4.98 Å². The Bertz CT molecular complexity index is 587. The summed E-state index contributed by atoms with van der Waals surface area (Å²) >= 11 is 11.7. The summed E-state index contributed by atoms with van der Waals surface area (Å²) < 4.78 is 0. The molecule has 0 unspecified atom stereocenters. The van der Waals surface area contributed by atoms with E-state index in [0.717, 1.165) is 0 Å². The highest BCUT2D eigenvalue weighted by atomic mass is 35.5. The lowest BCUT2D eigenvalue weighted by Gasteiger charge is -2.06. The number of halogens is 2.